The Morgan fingerprint density at radius 1 is 0.963 bits per heavy atom. The van der Waals surface area contributed by atoms with E-state index >= 15 is 0 Å². The first-order valence-corrected chi connectivity index (χ1v) is 8.46. The summed E-state index contributed by atoms with van der Waals surface area (Å²) >= 11 is 0. The summed E-state index contributed by atoms with van der Waals surface area (Å²) in [4.78, 5) is 29.3. The van der Waals surface area contributed by atoms with E-state index in [1.165, 1.54) is 6.20 Å². The molecule has 132 valence electrons. The first-order chi connectivity index (χ1) is 13.2. The molecule has 0 aliphatic heterocycles. The fourth-order valence-corrected chi connectivity index (χ4v) is 2.76. The molecule has 1 unspecified atom stereocenters. The van der Waals surface area contributed by atoms with Gasteiger partial charge in [0.25, 0.3) is 5.91 Å². The zero-order valence-corrected chi connectivity index (χ0v) is 14.5. The number of anilines is 1. The van der Waals surface area contributed by atoms with Gasteiger partial charge in [0.2, 0.25) is 0 Å². The van der Waals surface area contributed by atoms with Gasteiger partial charge in [-0.3, -0.25) is 9.59 Å². The number of carbonyl (C=O) groups excluding carboxylic acids is 2. The highest BCUT2D eigenvalue weighted by Crippen LogP contribution is 2.19. The highest BCUT2D eigenvalue weighted by Gasteiger charge is 2.29. The maximum Gasteiger partial charge on any atom is 0.250 e. The van der Waals surface area contributed by atoms with Gasteiger partial charge in [0, 0.05) is 11.8 Å². The van der Waals surface area contributed by atoms with Gasteiger partial charge in [0.15, 0.2) is 11.7 Å². The van der Waals surface area contributed by atoms with E-state index in [0.717, 1.165) is 11.1 Å². The van der Waals surface area contributed by atoms with Crippen molar-refractivity contribution in [1.29, 1.82) is 5.26 Å². The van der Waals surface area contributed by atoms with Gasteiger partial charge in [-0.1, -0.05) is 60.7 Å². The number of hydrogen-bond donors (Lipinski definition) is 1. The minimum Gasteiger partial charge on any atom is -0.309 e. The van der Waals surface area contributed by atoms with Crippen LogP contribution in [0.4, 0.5) is 5.82 Å². The van der Waals surface area contributed by atoms with Crippen molar-refractivity contribution in [2.75, 3.05) is 5.32 Å². The van der Waals surface area contributed by atoms with Gasteiger partial charge in [-0.25, -0.2) is 4.98 Å². The standard InChI is InChI=1S/C22H17N3O2/c23-15-19(22(27)25-20-12-6-7-13-24-20)21(26)18-11-5-4-10-17(18)14-16-8-2-1-3-9-16/h1-13,19H,14H2,(H,24,25,27). The second-order valence-corrected chi connectivity index (χ2v) is 5.95. The molecule has 1 aromatic heterocycles. The highest BCUT2D eigenvalue weighted by molar-refractivity contribution is 6.15. The van der Waals surface area contributed by atoms with Crippen molar-refractivity contribution in [1.82, 2.24) is 4.98 Å². The number of hydrogen-bond acceptors (Lipinski definition) is 4. The number of aromatic nitrogens is 1. The molecule has 0 radical (unpaired) electrons. The Labute approximate surface area is 157 Å². The normalized spacial score (nSPS) is 11.2. The Morgan fingerprint density at radius 2 is 1.67 bits per heavy atom. The third-order valence-electron chi connectivity index (χ3n) is 4.09. The molecule has 1 atom stereocenters. The molecule has 0 bridgehead atoms. The number of carbonyl (C=O) groups is 2. The SMILES string of the molecule is N#CC(C(=O)Nc1ccccn1)C(=O)c1ccccc1Cc1ccccc1. The average Bonchev–Trinajstić information content (AvgIpc) is 2.70. The molecule has 1 heterocycles. The number of nitrogens with zero attached hydrogens (tertiary/aromatic N) is 2. The van der Waals surface area contributed by atoms with Crippen LogP contribution in [0.1, 0.15) is 21.5 Å². The smallest absolute Gasteiger partial charge is 0.250 e. The van der Waals surface area contributed by atoms with Crippen LogP contribution in [0, 0.1) is 17.2 Å². The first-order valence-electron chi connectivity index (χ1n) is 8.46. The molecule has 2 aromatic carbocycles. The van der Waals surface area contributed by atoms with Crippen LogP contribution in [0.25, 0.3) is 0 Å². The first kappa shape index (κ1) is 18.0. The Kier molecular flexibility index (Phi) is 5.70. The minimum atomic E-state index is -1.44. The number of benzene rings is 2. The number of nitrogens with one attached hydrogen (secondary N) is 1. The zero-order chi connectivity index (χ0) is 19.1. The van der Waals surface area contributed by atoms with Gasteiger partial charge in [-0.15, -0.1) is 0 Å². The molecule has 3 aromatic rings. The average molecular weight is 355 g/mol. The van der Waals surface area contributed by atoms with Crippen molar-refractivity contribution in [2.45, 2.75) is 6.42 Å². The van der Waals surface area contributed by atoms with Gasteiger partial charge < -0.3 is 5.32 Å². The third kappa shape index (κ3) is 4.44. The van der Waals surface area contributed by atoms with Crippen LogP contribution < -0.4 is 5.32 Å². The fourth-order valence-electron chi connectivity index (χ4n) is 2.76. The van der Waals surface area contributed by atoms with E-state index in [-0.39, 0.29) is 0 Å². The van der Waals surface area contributed by atoms with E-state index in [1.807, 2.05) is 48.5 Å². The topological polar surface area (TPSA) is 82.8 Å². The second-order valence-electron chi connectivity index (χ2n) is 5.95. The van der Waals surface area contributed by atoms with E-state index < -0.39 is 17.6 Å². The van der Waals surface area contributed by atoms with Crippen LogP contribution >= 0.6 is 0 Å². The third-order valence-corrected chi connectivity index (χ3v) is 4.09. The lowest BCUT2D eigenvalue weighted by molar-refractivity contribution is -0.117. The summed E-state index contributed by atoms with van der Waals surface area (Å²) in [5.41, 5.74) is 2.20. The summed E-state index contributed by atoms with van der Waals surface area (Å²) < 4.78 is 0. The molecule has 0 spiro atoms. The fraction of sp³-hybridized carbons (Fsp3) is 0.0909. The molecule has 3 rings (SSSR count). The Morgan fingerprint density at radius 3 is 2.37 bits per heavy atom. The Hall–Kier alpha value is -3.78. The van der Waals surface area contributed by atoms with Crippen LogP contribution in [-0.2, 0) is 11.2 Å². The van der Waals surface area contributed by atoms with Crippen molar-refractivity contribution in [2.24, 2.45) is 5.92 Å². The van der Waals surface area contributed by atoms with E-state index in [4.69, 9.17) is 0 Å². The predicted molar refractivity (Wildman–Crippen MR) is 102 cm³/mol. The van der Waals surface area contributed by atoms with Crippen LogP contribution in [-0.4, -0.2) is 16.7 Å². The van der Waals surface area contributed by atoms with E-state index in [2.05, 4.69) is 10.3 Å². The van der Waals surface area contributed by atoms with E-state index in [0.29, 0.717) is 17.8 Å². The number of pyridine rings is 1. The van der Waals surface area contributed by atoms with Crippen LogP contribution in [0.2, 0.25) is 0 Å². The molecule has 5 heteroatoms. The lowest BCUT2D eigenvalue weighted by atomic mass is 9.91. The van der Waals surface area contributed by atoms with Crippen molar-refractivity contribution in [3.63, 3.8) is 0 Å². The number of Topliss-reactive ketones (excluding diaryl/α,β-unsaturated/α-hetero) is 1. The summed E-state index contributed by atoms with van der Waals surface area (Å²) in [6.45, 7) is 0. The lowest BCUT2D eigenvalue weighted by Crippen LogP contribution is -2.29. The number of rotatable bonds is 6. The molecule has 0 saturated heterocycles. The largest absolute Gasteiger partial charge is 0.309 e. The second kappa shape index (κ2) is 8.54. The molecule has 27 heavy (non-hydrogen) atoms. The van der Waals surface area contributed by atoms with Crippen molar-refractivity contribution in [3.05, 3.63) is 95.7 Å². The van der Waals surface area contributed by atoms with Gasteiger partial charge >= 0.3 is 0 Å². The molecule has 0 aliphatic rings. The van der Waals surface area contributed by atoms with Crippen molar-refractivity contribution < 1.29 is 9.59 Å². The molecular weight excluding hydrogens is 338 g/mol. The Bertz CT molecular complexity index is 979. The van der Waals surface area contributed by atoms with Gasteiger partial charge in [-0.05, 0) is 29.7 Å². The number of ketones is 1. The maximum atomic E-state index is 12.9. The van der Waals surface area contributed by atoms with Gasteiger partial charge in [0.1, 0.15) is 5.82 Å². The molecule has 0 saturated carbocycles. The molecular formula is C22H17N3O2. The molecule has 0 aliphatic carbocycles. The molecule has 0 fully saturated rings. The predicted octanol–water partition coefficient (Wildman–Crippen LogP) is 3.63. The quantitative estimate of drug-likeness (QED) is 0.541. The van der Waals surface area contributed by atoms with Crippen molar-refractivity contribution >= 4 is 17.5 Å². The highest BCUT2D eigenvalue weighted by atomic mass is 16.2. The summed E-state index contributed by atoms with van der Waals surface area (Å²) in [6, 6.07) is 23.6. The van der Waals surface area contributed by atoms with Gasteiger partial charge in [0.05, 0.1) is 6.07 Å². The Balaban J connectivity index is 1.83. The van der Waals surface area contributed by atoms with Crippen LogP contribution in [0.5, 0.6) is 0 Å². The summed E-state index contributed by atoms with van der Waals surface area (Å²) in [6.07, 6.45) is 2.07. The number of amides is 1. The number of nitriles is 1. The molecule has 5 nitrogen and oxygen atoms in total. The minimum absolute atomic E-state index is 0.299. The monoisotopic (exact) mass is 355 g/mol. The van der Waals surface area contributed by atoms with Gasteiger partial charge in [-0.2, -0.15) is 5.26 Å². The summed E-state index contributed by atoms with van der Waals surface area (Å²) in [5.74, 6) is -2.34. The van der Waals surface area contributed by atoms with Crippen LogP contribution in [0.15, 0.2) is 79.0 Å². The van der Waals surface area contributed by atoms with E-state index in [1.54, 1.807) is 30.3 Å². The van der Waals surface area contributed by atoms with E-state index in [9.17, 15) is 14.9 Å². The van der Waals surface area contributed by atoms with Crippen LogP contribution in [0.3, 0.4) is 0 Å². The van der Waals surface area contributed by atoms with Crippen molar-refractivity contribution in [3.8, 4) is 6.07 Å². The summed E-state index contributed by atoms with van der Waals surface area (Å²) in [7, 11) is 0. The lowest BCUT2D eigenvalue weighted by Gasteiger charge is -2.12. The summed E-state index contributed by atoms with van der Waals surface area (Å²) in [5, 5.41) is 12.0. The zero-order valence-electron chi connectivity index (χ0n) is 14.5. The molecule has 1 N–H and O–H groups in total. The molecule has 1 amide bonds. The maximum absolute atomic E-state index is 12.9.